The van der Waals surface area contributed by atoms with E-state index < -0.39 is 132 Å². The number of nitrogens with one attached hydrogen (secondary N) is 4. The average molecular weight is 684 g/mol. The van der Waals surface area contributed by atoms with Crippen LogP contribution in [0.5, 0.6) is 0 Å². The number of rotatable bonds is 0. The molecule has 1 aliphatic carbocycles. The van der Waals surface area contributed by atoms with Crippen LogP contribution in [0.15, 0.2) is 42.5 Å². The summed E-state index contributed by atoms with van der Waals surface area (Å²) >= 11 is 0. The number of alkyl halides is 4. The summed E-state index contributed by atoms with van der Waals surface area (Å²) in [6.07, 6.45) is -10.4. The Morgan fingerprint density at radius 1 is 0.521 bits per heavy atom. The van der Waals surface area contributed by atoms with Crippen LogP contribution in [-0.2, 0) is 13.1 Å². The number of amides is 4. The van der Waals surface area contributed by atoms with E-state index >= 15 is 17.6 Å². The third-order valence-corrected chi connectivity index (χ3v) is 8.14. The van der Waals surface area contributed by atoms with Crippen LogP contribution in [0.2, 0.25) is 0 Å². The quantitative estimate of drug-likeness (QED) is 0.213. The fourth-order valence-corrected chi connectivity index (χ4v) is 5.41. The maximum Gasteiger partial charge on any atom is 0.270 e. The predicted molar refractivity (Wildman–Crippen MR) is 151 cm³/mol. The van der Waals surface area contributed by atoms with Crippen molar-refractivity contribution in [2.45, 2.75) is 37.8 Å². The number of pyridine rings is 1. The van der Waals surface area contributed by atoms with Crippen LogP contribution >= 0.6 is 0 Å². The molecule has 254 valence electrons. The second kappa shape index (κ2) is 13.9. The number of halogens is 8. The third-order valence-electron chi connectivity index (χ3n) is 8.14. The lowest BCUT2D eigenvalue weighted by molar-refractivity contribution is -0.0752. The highest BCUT2D eigenvalue weighted by Gasteiger charge is 2.52. The first-order chi connectivity index (χ1) is 22.8. The highest BCUT2D eigenvalue weighted by molar-refractivity contribution is 5.99. The molecule has 4 aliphatic heterocycles. The molecule has 0 radical (unpaired) electrons. The van der Waals surface area contributed by atoms with Gasteiger partial charge in [0.2, 0.25) is 0 Å². The van der Waals surface area contributed by atoms with Crippen molar-refractivity contribution in [1.29, 1.82) is 0 Å². The molecule has 5 aliphatic rings. The molecule has 4 atom stereocenters. The van der Waals surface area contributed by atoms with Gasteiger partial charge in [-0.3, -0.25) is 19.2 Å². The Kier molecular flexibility index (Phi) is 9.95. The van der Waals surface area contributed by atoms with Crippen LogP contribution in [-0.4, -0.2) is 66.4 Å². The summed E-state index contributed by atoms with van der Waals surface area (Å²) in [5.41, 5.74) is -3.95. The van der Waals surface area contributed by atoms with Crippen molar-refractivity contribution in [3.63, 3.8) is 0 Å². The molecule has 2 aromatic carbocycles. The number of carbonyl (C=O) groups excluding carboxylic acids is 4. The Hall–Kier alpha value is -5.09. The van der Waals surface area contributed by atoms with Gasteiger partial charge in [0, 0.05) is 60.3 Å². The number of aromatic nitrogens is 1. The predicted octanol–water partition coefficient (Wildman–Crippen LogP) is 3.57. The Morgan fingerprint density at radius 3 is 1.33 bits per heavy atom. The lowest BCUT2D eigenvalue weighted by atomic mass is 9.76. The maximum absolute atomic E-state index is 15.1. The van der Waals surface area contributed by atoms with E-state index in [1.165, 1.54) is 18.2 Å². The normalized spacial score (nSPS) is 25.6. The van der Waals surface area contributed by atoms with Crippen molar-refractivity contribution in [1.82, 2.24) is 26.3 Å². The molecule has 17 heteroatoms. The van der Waals surface area contributed by atoms with E-state index in [2.05, 4.69) is 20.9 Å². The molecule has 8 rings (SSSR count). The van der Waals surface area contributed by atoms with Gasteiger partial charge in [-0.25, -0.2) is 40.1 Å². The largest absolute Gasteiger partial charge is 0.352 e. The van der Waals surface area contributed by atoms with Gasteiger partial charge in [0.05, 0.1) is 0 Å². The van der Waals surface area contributed by atoms with Crippen molar-refractivity contribution in [2.75, 3.05) is 13.1 Å². The molecule has 1 saturated carbocycles. The van der Waals surface area contributed by atoms with Gasteiger partial charge in [0.15, 0.2) is 23.3 Å². The molecular formula is C31H25F8N5O4. The minimum atomic E-state index is -2.60. The molecule has 0 spiro atoms. The molecule has 1 aromatic heterocycles. The summed E-state index contributed by atoms with van der Waals surface area (Å²) in [4.78, 5) is 54.5. The topological polar surface area (TPSA) is 129 Å². The van der Waals surface area contributed by atoms with Crippen molar-refractivity contribution < 1.29 is 54.3 Å². The van der Waals surface area contributed by atoms with Gasteiger partial charge in [-0.15, -0.1) is 0 Å². The minimum Gasteiger partial charge on any atom is -0.352 e. The van der Waals surface area contributed by atoms with Crippen LogP contribution < -0.4 is 21.3 Å². The second-order valence-electron chi connectivity index (χ2n) is 11.1. The zero-order chi connectivity index (χ0) is 34.9. The zero-order valence-electron chi connectivity index (χ0n) is 24.4. The summed E-state index contributed by atoms with van der Waals surface area (Å²) < 4.78 is 120. The molecule has 1 fully saturated rings. The molecule has 3 aromatic rings. The first kappa shape index (κ1) is 34.3. The molecule has 4 amide bonds. The van der Waals surface area contributed by atoms with Gasteiger partial charge in [-0.05, 0) is 30.3 Å². The summed E-state index contributed by atoms with van der Waals surface area (Å²) in [6.45, 7) is -3.89. The van der Waals surface area contributed by atoms with Crippen molar-refractivity contribution in [2.24, 2.45) is 11.8 Å². The fourth-order valence-electron chi connectivity index (χ4n) is 5.41. The monoisotopic (exact) mass is 683 g/mol. The third kappa shape index (κ3) is 6.66. The Morgan fingerprint density at radius 2 is 0.875 bits per heavy atom. The van der Waals surface area contributed by atoms with Crippen molar-refractivity contribution in [3.8, 4) is 0 Å². The number of nitrogens with zero attached hydrogens (tertiary/aromatic N) is 1. The van der Waals surface area contributed by atoms with Crippen LogP contribution in [0.4, 0.5) is 35.1 Å². The van der Waals surface area contributed by atoms with Crippen LogP contribution in [0.25, 0.3) is 0 Å². The maximum atomic E-state index is 15.1. The molecule has 9 nitrogen and oxygen atoms in total. The molecule has 4 unspecified atom stereocenters. The first-order valence-electron chi connectivity index (χ1n) is 14.4. The van der Waals surface area contributed by atoms with E-state index in [1.807, 2.05) is 5.32 Å². The van der Waals surface area contributed by atoms with E-state index in [0.717, 1.165) is 24.3 Å². The molecular weight excluding hydrogens is 658 g/mol. The van der Waals surface area contributed by atoms with Gasteiger partial charge in [0.1, 0.15) is 36.1 Å². The highest BCUT2D eigenvalue weighted by atomic mass is 19.2. The van der Waals surface area contributed by atoms with E-state index in [1.54, 1.807) is 0 Å². The van der Waals surface area contributed by atoms with Crippen molar-refractivity contribution >= 4 is 23.6 Å². The van der Waals surface area contributed by atoms with Gasteiger partial charge in [-0.2, -0.15) is 0 Å². The fraction of sp³-hybridized carbons (Fsp3) is 0.323. The summed E-state index contributed by atoms with van der Waals surface area (Å²) in [6, 6.07) is 7.83. The van der Waals surface area contributed by atoms with E-state index in [4.69, 9.17) is 0 Å². The molecule has 4 N–H and O–H groups in total. The smallest absolute Gasteiger partial charge is 0.270 e. The number of carbonyl (C=O) groups is 4. The number of hydrogen-bond donors (Lipinski definition) is 4. The second-order valence-corrected chi connectivity index (χ2v) is 11.1. The Labute approximate surface area is 266 Å². The van der Waals surface area contributed by atoms with E-state index in [-0.39, 0.29) is 11.1 Å². The minimum absolute atomic E-state index is 0.251. The summed E-state index contributed by atoms with van der Waals surface area (Å²) in [5.74, 6) is -15.7. The van der Waals surface area contributed by atoms with E-state index in [0.29, 0.717) is 0 Å². The SMILES string of the molecule is O=C1NCc2c(F)c(F)c(c(F)c2F)CNC(=O)c2cccc(n2)C(=O)NCC2C(F)C(F)C(CNC(=O)c3cccc1c3)C(F)C2F. The lowest BCUT2D eigenvalue weighted by Crippen LogP contribution is -2.57. The Bertz CT molecular complexity index is 1610. The average Bonchev–Trinajstić information content (AvgIpc) is 3.09. The van der Waals surface area contributed by atoms with Crippen LogP contribution in [0.1, 0.15) is 52.8 Å². The summed E-state index contributed by atoms with van der Waals surface area (Å²) in [5, 5.41) is 8.33. The van der Waals surface area contributed by atoms with Gasteiger partial charge in [0.25, 0.3) is 23.6 Å². The number of hydrogen-bond acceptors (Lipinski definition) is 5. The van der Waals surface area contributed by atoms with Crippen molar-refractivity contribution in [3.05, 3.63) is 99.4 Å². The van der Waals surface area contributed by atoms with Gasteiger partial charge in [-0.1, -0.05) is 12.1 Å². The van der Waals surface area contributed by atoms with Gasteiger partial charge < -0.3 is 21.3 Å². The van der Waals surface area contributed by atoms with Gasteiger partial charge >= 0.3 is 0 Å². The first-order valence-corrected chi connectivity index (χ1v) is 14.4. The highest BCUT2D eigenvalue weighted by Crippen LogP contribution is 2.37. The molecule has 5 heterocycles. The molecule has 0 saturated heterocycles. The molecule has 48 heavy (non-hydrogen) atoms. The summed E-state index contributed by atoms with van der Waals surface area (Å²) in [7, 11) is 0. The molecule has 8 bridgehead atoms. The van der Waals surface area contributed by atoms with Crippen LogP contribution in [0, 0.1) is 35.1 Å². The Balaban J connectivity index is 1.47. The zero-order valence-corrected chi connectivity index (χ0v) is 24.4. The standard InChI is InChI=1S/C31H25F8N5O4/c32-20-14-8-40-28(45)12-3-1-4-13(7-12)29(46)41-9-15-22(34)26(38)17(27(39)23(15)35)11-43-31(48)19-6-2-5-18(44-19)30(47)42-10-16(24(20)36)25(37)21(14)33/h1-7,14,16,20-21,24-25H,8-11H2,(H,40,45)(H,41,46)(H,42,47)(H,43,48). The lowest BCUT2D eigenvalue weighted by Gasteiger charge is -2.39. The number of benzene rings is 2. The van der Waals surface area contributed by atoms with E-state index in [9.17, 15) is 36.7 Å². The van der Waals surface area contributed by atoms with Crippen LogP contribution in [0.3, 0.4) is 0 Å².